The SMILES string of the molecule is C#CCC(N)C(=O)OC1CCOCC1. The predicted molar refractivity (Wildman–Crippen MR) is 51.4 cm³/mol. The number of hydrogen-bond donors (Lipinski definition) is 1. The zero-order chi connectivity index (χ0) is 10.4. The van der Waals surface area contributed by atoms with Crippen LogP contribution < -0.4 is 5.73 Å². The van der Waals surface area contributed by atoms with Gasteiger partial charge in [0.1, 0.15) is 12.1 Å². The molecule has 0 aromatic carbocycles. The number of carbonyl (C=O) groups is 1. The van der Waals surface area contributed by atoms with E-state index in [0.29, 0.717) is 13.2 Å². The fourth-order valence-electron chi connectivity index (χ4n) is 1.26. The maximum absolute atomic E-state index is 11.3. The summed E-state index contributed by atoms with van der Waals surface area (Å²) in [6.07, 6.45) is 6.70. The van der Waals surface area contributed by atoms with Gasteiger partial charge in [0.25, 0.3) is 0 Å². The summed E-state index contributed by atoms with van der Waals surface area (Å²) in [6.45, 7) is 1.28. The summed E-state index contributed by atoms with van der Waals surface area (Å²) in [5.74, 6) is 1.93. The average molecular weight is 197 g/mol. The van der Waals surface area contributed by atoms with Crippen LogP contribution in [-0.2, 0) is 14.3 Å². The molecule has 0 bridgehead atoms. The number of hydrogen-bond acceptors (Lipinski definition) is 4. The van der Waals surface area contributed by atoms with Gasteiger partial charge in [0, 0.05) is 19.3 Å². The van der Waals surface area contributed by atoms with Crippen molar-refractivity contribution in [2.75, 3.05) is 13.2 Å². The van der Waals surface area contributed by atoms with Crippen molar-refractivity contribution in [2.24, 2.45) is 5.73 Å². The number of esters is 1. The Morgan fingerprint density at radius 1 is 1.64 bits per heavy atom. The van der Waals surface area contributed by atoms with E-state index in [1.54, 1.807) is 0 Å². The van der Waals surface area contributed by atoms with E-state index in [2.05, 4.69) is 5.92 Å². The Bertz CT molecular complexity index is 228. The van der Waals surface area contributed by atoms with Gasteiger partial charge in [-0.25, -0.2) is 0 Å². The van der Waals surface area contributed by atoms with Crippen molar-refractivity contribution < 1.29 is 14.3 Å². The molecule has 14 heavy (non-hydrogen) atoms. The first-order valence-electron chi connectivity index (χ1n) is 4.71. The third-order valence-electron chi connectivity index (χ3n) is 2.09. The van der Waals surface area contributed by atoms with Gasteiger partial charge in [-0.05, 0) is 0 Å². The van der Waals surface area contributed by atoms with Crippen LogP contribution in [0.4, 0.5) is 0 Å². The summed E-state index contributed by atoms with van der Waals surface area (Å²) >= 11 is 0. The number of carbonyl (C=O) groups excluding carboxylic acids is 1. The van der Waals surface area contributed by atoms with Crippen molar-refractivity contribution in [1.29, 1.82) is 0 Å². The summed E-state index contributed by atoms with van der Waals surface area (Å²) in [5, 5.41) is 0. The van der Waals surface area contributed by atoms with E-state index < -0.39 is 12.0 Å². The standard InChI is InChI=1S/C10H15NO3/c1-2-3-9(11)10(12)14-8-4-6-13-7-5-8/h1,8-9H,3-7,11H2. The van der Waals surface area contributed by atoms with E-state index in [1.807, 2.05) is 0 Å². The Morgan fingerprint density at radius 2 is 2.29 bits per heavy atom. The minimum Gasteiger partial charge on any atom is -0.461 e. The molecule has 1 aliphatic rings. The van der Waals surface area contributed by atoms with E-state index >= 15 is 0 Å². The van der Waals surface area contributed by atoms with Crippen LogP contribution in [0.1, 0.15) is 19.3 Å². The van der Waals surface area contributed by atoms with Crippen molar-refractivity contribution in [3.05, 3.63) is 0 Å². The lowest BCUT2D eigenvalue weighted by Gasteiger charge is -2.23. The summed E-state index contributed by atoms with van der Waals surface area (Å²) in [7, 11) is 0. The van der Waals surface area contributed by atoms with E-state index in [0.717, 1.165) is 12.8 Å². The van der Waals surface area contributed by atoms with Crippen LogP contribution in [0.5, 0.6) is 0 Å². The second kappa shape index (κ2) is 5.63. The Morgan fingerprint density at radius 3 is 2.86 bits per heavy atom. The number of terminal acetylenes is 1. The van der Waals surface area contributed by atoms with Crippen LogP contribution >= 0.6 is 0 Å². The van der Waals surface area contributed by atoms with Gasteiger partial charge in [-0.1, -0.05) is 0 Å². The maximum atomic E-state index is 11.3. The van der Waals surface area contributed by atoms with Gasteiger partial charge in [-0.3, -0.25) is 4.79 Å². The molecule has 0 aromatic heterocycles. The quantitative estimate of drug-likeness (QED) is 0.513. The topological polar surface area (TPSA) is 61.6 Å². The molecule has 0 saturated carbocycles. The number of nitrogens with two attached hydrogens (primary N) is 1. The van der Waals surface area contributed by atoms with Crippen molar-refractivity contribution in [1.82, 2.24) is 0 Å². The Hall–Kier alpha value is -1.05. The van der Waals surface area contributed by atoms with Gasteiger partial charge in [0.2, 0.25) is 0 Å². The molecule has 0 radical (unpaired) electrons. The molecule has 0 aromatic rings. The zero-order valence-corrected chi connectivity index (χ0v) is 8.07. The number of rotatable bonds is 3. The third-order valence-corrected chi connectivity index (χ3v) is 2.09. The van der Waals surface area contributed by atoms with Crippen LogP contribution in [0.3, 0.4) is 0 Å². The fraction of sp³-hybridized carbons (Fsp3) is 0.700. The minimum atomic E-state index is -0.692. The van der Waals surface area contributed by atoms with Gasteiger partial charge in [-0.2, -0.15) is 0 Å². The largest absolute Gasteiger partial charge is 0.461 e. The van der Waals surface area contributed by atoms with E-state index in [9.17, 15) is 4.79 Å². The highest BCUT2D eigenvalue weighted by Crippen LogP contribution is 2.11. The van der Waals surface area contributed by atoms with E-state index in [4.69, 9.17) is 21.6 Å². The molecule has 0 amide bonds. The Labute approximate surface area is 83.7 Å². The highest BCUT2D eigenvalue weighted by molar-refractivity contribution is 5.76. The average Bonchev–Trinajstić information content (AvgIpc) is 2.19. The predicted octanol–water partition coefficient (Wildman–Crippen LogP) is 0.0592. The van der Waals surface area contributed by atoms with Gasteiger partial charge >= 0.3 is 5.97 Å². The smallest absolute Gasteiger partial charge is 0.324 e. The van der Waals surface area contributed by atoms with Gasteiger partial charge in [0.15, 0.2) is 0 Å². The molecule has 0 spiro atoms. The normalized spacial score (nSPS) is 19.7. The first-order chi connectivity index (χ1) is 6.74. The molecule has 4 nitrogen and oxygen atoms in total. The van der Waals surface area contributed by atoms with E-state index in [1.165, 1.54) is 0 Å². The molecular weight excluding hydrogens is 182 g/mol. The molecule has 78 valence electrons. The number of ether oxygens (including phenoxy) is 2. The highest BCUT2D eigenvalue weighted by atomic mass is 16.6. The van der Waals surface area contributed by atoms with Crippen molar-refractivity contribution in [3.8, 4) is 12.3 Å². The molecule has 0 aliphatic carbocycles. The lowest BCUT2D eigenvalue weighted by Crippen LogP contribution is -2.36. The summed E-state index contributed by atoms with van der Waals surface area (Å²) < 4.78 is 10.3. The third kappa shape index (κ3) is 3.36. The Balaban J connectivity index is 2.28. The van der Waals surface area contributed by atoms with Crippen LogP contribution in [0.25, 0.3) is 0 Å². The van der Waals surface area contributed by atoms with Crippen molar-refractivity contribution in [3.63, 3.8) is 0 Å². The second-order valence-corrected chi connectivity index (χ2v) is 3.26. The van der Waals surface area contributed by atoms with Crippen LogP contribution in [-0.4, -0.2) is 31.3 Å². The molecule has 1 unspecified atom stereocenters. The monoisotopic (exact) mass is 197 g/mol. The second-order valence-electron chi connectivity index (χ2n) is 3.26. The molecule has 1 fully saturated rings. The van der Waals surface area contributed by atoms with Crippen LogP contribution in [0.15, 0.2) is 0 Å². The zero-order valence-electron chi connectivity index (χ0n) is 8.07. The molecule has 1 aliphatic heterocycles. The summed E-state index contributed by atoms with van der Waals surface area (Å²) in [5.41, 5.74) is 5.50. The molecule has 2 N–H and O–H groups in total. The van der Waals surface area contributed by atoms with Crippen LogP contribution in [0.2, 0.25) is 0 Å². The highest BCUT2D eigenvalue weighted by Gasteiger charge is 2.21. The maximum Gasteiger partial charge on any atom is 0.324 e. The van der Waals surface area contributed by atoms with Gasteiger partial charge < -0.3 is 15.2 Å². The molecule has 1 rings (SSSR count). The minimum absolute atomic E-state index is 0.0555. The van der Waals surface area contributed by atoms with Crippen molar-refractivity contribution in [2.45, 2.75) is 31.4 Å². The molecule has 1 heterocycles. The van der Waals surface area contributed by atoms with Gasteiger partial charge in [0.05, 0.1) is 13.2 Å². The lowest BCUT2D eigenvalue weighted by molar-refractivity contribution is -0.154. The van der Waals surface area contributed by atoms with Crippen LogP contribution in [0, 0.1) is 12.3 Å². The molecular formula is C10H15NO3. The fourth-order valence-corrected chi connectivity index (χ4v) is 1.26. The summed E-state index contributed by atoms with van der Waals surface area (Å²) in [4.78, 5) is 11.3. The molecule has 4 heteroatoms. The first kappa shape index (κ1) is 11.0. The molecule has 1 atom stereocenters. The summed E-state index contributed by atoms with van der Waals surface area (Å²) in [6, 6.07) is -0.692. The van der Waals surface area contributed by atoms with Crippen molar-refractivity contribution >= 4 is 5.97 Å². The first-order valence-corrected chi connectivity index (χ1v) is 4.71. The Kier molecular flexibility index (Phi) is 4.44. The lowest BCUT2D eigenvalue weighted by atomic mass is 10.1. The van der Waals surface area contributed by atoms with Gasteiger partial charge in [-0.15, -0.1) is 12.3 Å². The molecule has 1 saturated heterocycles. The van der Waals surface area contributed by atoms with E-state index in [-0.39, 0.29) is 12.5 Å².